The Morgan fingerprint density at radius 2 is 2.00 bits per heavy atom. The molecule has 0 radical (unpaired) electrons. The standard InChI is InChI=1S/C14H20N2S/c1-11-2-4-12(5-3-11)10-16(13-6-7-13)9-8-14(15)17/h2-5,13H,6-10H2,1H3,(H2,15,17). The summed E-state index contributed by atoms with van der Waals surface area (Å²) in [4.78, 5) is 3.13. The third-order valence-corrected chi connectivity index (χ3v) is 3.42. The van der Waals surface area contributed by atoms with E-state index in [1.165, 1.54) is 24.0 Å². The van der Waals surface area contributed by atoms with E-state index in [1.54, 1.807) is 0 Å². The Morgan fingerprint density at radius 3 is 2.53 bits per heavy atom. The van der Waals surface area contributed by atoms with Crippen LogP contribution in [0.4, 0.5) is 0 Å². The van der Waals surface area contributed by atoms with Gasteiger partial charge in [-0.1, -0.05) is 42.0 Å². The maximum Gasteiger partial charge on any atom is 0.0740 e. The molecule has 0 heterocycles. The Labute approximate surface area is 109 Å². The van der Waals surface area contributed by atoms with E-state index in [-0.39, 0.29) is 0 Å². The summed E-state index contributed by atoms with van der Waals surface area (Å²) in [6.45, 7) is 4.14. The Kier molecular flexibility index (Phi) is 4.13. The highest BCUT2D eigenvalue weighted by Gasteiger charge is 2.28. The predicted molar refractivity (Wildman–Crippen MR) is 76.0 cm³/mol. The zero-order valence-electron chi connectivity index (χ0n) is 10.4. The van der Waals surface area contributed by atoms with E-state index in [0.717, 1.165) is 25.6 Å². The second kappa shape index (κ2) is 5.61. The number of hydrogen-bond acceptors (Lipinski definition) is 2. The summed E-state index contributed by atoms with van der Waals surface area (Å²) in [6, 6.07) is 9.53. The fourth-order valence-corrected chi connectivity index (χ4v) is 2.10. The highest BCUT2D eigenvalue weighted by atomic mass is 32.1. The van der Waals surface area contributed by atoms with Gasteiger partial charge in [-0.25, -0.2) is 0 Å². The zero-order valence-corrected chi connectivity index (χ0v) is 11.2. The van der Waals surface area contributed by atoms with Crippen molar-refractivity contribution in [1.29, 1.82) is 0 Å². The number of aryl methyl sites for hydroxylation is 1. The van der Waals surface area contributed by atoms with Crippen LogP contribution in [0.25, 0.3) is 0 Å². The molecule has 1 fully saturated rings. The van der Waals surface area contributed by atoms with Crippen molar-refractivity contribution < 1.29 is 0 Å². The van der Waals surface area contributed by atoms with Crippen LogP contribution in [0.2, 0.25) is 0 Å². The van der Waals surface area contributed by atoms with Crippen LogP contribution >= 0.6 is 12.2 Å². The molecule has 0 unspecified atom stereocenters. The Balaban J connectivity index is 1.92. The molecule has 92 valence electrons. The van der Waals surface area contributed by atoms with Gasteiger partial charge >= 0.3 is 0 Å². The van der Waals surface area contributed by atoms with E-state index < -0.39 is 0 Å². The van der Waals surface area contributed by atoms with Gasteiger partial charge in [0.1, 0.15) is 0 Å². The van der Waals surface area contributed by atoms with Gasteiger partial charge < -0.3 is 5.73 Å². The molecule has 2 nitrogen and oxygen atoms in total. The van der Waals surface area contributed by atoms with Crippen molar-refractivity contribution in [3.63, 3.8) is 0 Å². The fourth-order valence-electron chi connectivity index (χ4n) is 2.01. The molecular formula is C14H20N2S. The van der Waals surface area contributed by atoms with E-state index in [0.29, 0.717) is 4.99 Å². The van der Waals surface area contributed by atoms with Gasteiger partial charge in [0, 0.05) is 25.6 Å². The molecule has 2 N–H and O–H groups in total. The Morgan fingerprint density at radius 1 is 1.35 bits per heavy atom. The molecule has 1 aromatic rings. The SMILES string of the molecule is Cc1ccc(CN(CCC(N)=S)C2CC2)cc1. The molecule has 0 atom stereocenters. The molecule has 0 bridgehead atoms. The molecule has 17 heavy (non-hydrogen) atoms. The van der Waals surface area contributed by atoms with E-state index in [1.807, 2.05) is 0 Å². The maximum absolute atomic E-state index is 5.58. The summed E-state index contributed by atoms with van der Waals surface area (Å²) in [5.41, 5.74) is 8.27. The van der Waals surface area contributed by atoms with Gasteiger partial charge in [0.2, 0.25) is 0 Å². The van der Waals surface area contributed by atoms with E-state index in [9.17, 15) is 0 Å². The van der Waals surface area contributed by atoms with Gasteiger partial charge in [-0.3, -0.25) is 4.90 Å². The molecular weight excluding hydrogens is 228 g/mol. The quantitative estimate of drug-likeness (QED) is 0.785. The summed E-state index contributed by atoms with van der Waals surface area (Å²) >= 11 is 4.95. The first-order chi connectivity index (χ1) is 8.15. The highest BCUT2D eigenvalue weighted by Crippen LogP contribution is 2.28. The fraction of sp³-hybridized carbons (Fsp3) is 0.500. The highest BCUT2D eigenvalue weighted by molar-refractivity contribution is 7.80. The smallest absolute Gasteiger partial charge is 0.0740 e. The molecule has 1 saturated carbocycles. The normalized spacial score (nSPS) is 15.2. The largest absolute Gasteiger partial charge is 0.393 e. The number of nitrogens with two attached hydrogens (primary N) is 1. The second-order valence-electron chi connectivity index (χ2n) is 4.90. The number of thiocarbonyl (C=S) groups is 1. The summed E-state index contributed by atoms with van der Waals surface area (Å²) in [5.74, 6) is 0. The lowest BCUT2D eigenvalue weighted by Crippen LogP contribution is -2.29. The minimum atomic E-state index is 0.625. The molecule has 0 aliphatic heterocycles. The Hall–Kier alpha value is -0.930. The third kappa shape index (κ3) is 4.10. The minimum Gasteiger partial charge on any atom is -0.393 e. The maximum atomic E-state index is 5.58. The summed E-state index contributed by atoms with van der Waals surface area (Å²) < 4.78 is 0. The number of benzene rings is 1. The Bertz CT molecular complexity index is 382. The van der Waals surface area contributed by atoms with Gasteiger partial charge in [-0.05, 0) is 25.3 Å². The molecule has 0 spiro atoms. The van der Waals surface area contributed by atoms with Crippen LogP contribution in [0.5, 0.6) is 0 Å². The van der Waals surface area contributed by atoms with Crippen molar-refractivity contribution in [2.75, 3.05) is 6.54 Å². The lowest BCUT2D eigenvalue weighted by molar-refractivity contribution is 0.262. The first kappa shape index (κ1) is 12.5. The van der Waals surface area contributed by atoms with Crippen LogP contribution in [0.15, 0.2) is 24.3 Å². The van der Waals surface area contributed by atoms with Gasteiger partial charge in [0.15, 0.2) is 0 Å². The van der Waals surface area contributed by atoms with Crippen molar-refractivity contribution in [1.82, 2.24) is 4.90 Å². The van der Waals surface area contributed by atoms with Crippen molar-refractivity contribution in [2.24, 2.45) is 5.73 Å². The second-order valence-corrected chi connectivity index (χ2v) is 5.43. The first-order valence-electron chi connectivity index (χ1n) is 6.23. The van der Waals surface area contributed by atoms with E-state index in [4.69, 9.17) is 18.0 Å². The molecule has 3 heteroatoms. The van der Waals surface area contributed by atoms with Crippen LogP contribution in [0.1, 0.15) is 30.4 Å². The molecule has 0 saturated heterocycles. The first-order valence-corrected chi connectivity index (χ1v) is 6.64. The molecule has 2 rings (SSSR count). The lowest BCUT2D eigenvalue weighted by Gasteiger charge is -2.21. The summed E-state index contributed by atoms with van der Waals surface area (Å²) in [5, 5.41) is 0. The monoisotopic (exact) mass is 248 g/mol. The van der Waals surface area contributed by atoms with Gasteiger partial charge in [0.05, 0.1) is 4.99 Å². The van der Waals surface area contributed by atoms with Crippen molar-refractivity contribution in [3.05, 3.63) is 35.4 Å². The van der Waals surface area contributed by atoms with Crippen molar-refractivity contribution >= 4 is 17.2 Å². The van der Waals surface area contributed by atoms with Crippen molar-refractivity contribution in [3.8, 4) is 0 Å². The number of nitrogens with zero attached hydrogens (tertiary/aromatic N) is 1. The van der Waals surface area contributed by atoms with Crippen LogP contribution in [0.3, 0.4) is 0 Å². The molecule has 0 aromatic heterocycles. The summed E-state index contributed by atoms with van der Waals surface area (Å²) in [6.07, 6.45) is 3.48. The van der Waals surface area contributed by atoms with E-state index >= 15 is 0 Å². The van der Waals surface area contributed by atoms with Crippen LogP contribution in [-0.2, 0) is 6.54 Å². The lowest BCUT2D eigenvalue weighted by atomic mass is 10.1. The average molecular weight is 248 g/mol. The van der Waals surface area contributed by atoms with Gasteiger partial charge in [-0.2, -0.15) is 0 Å². The van der Waals surface area contributed by atoms with Gasteiger partial charge in [0.25, 0.3) is 0 Å². The predicted octanol–water partition coefficient (Wildman–Crippen LogP) is 2.64. The van der Waals surface area contributed by atoms with E-state index in [2.05, 4.69) is 36.1 Å². The number of rotatable bonds is 6. The topological polar surface area (TPSA) is 29.3 Å². The van der Waals surface area contributed by atoms with Crippen LogP contribution in [0, 0.1) is 6.92 Å². The van der Waals surface area contributed by atoms with Crippen LogP contribution in [-0.4, -0.2) is 22.5 Å². The number of hydrogen-bond donors (Lipinski definition) is 1. The summed E-state index contributed by atoms with van der Waals surface area (Å²) in [7, 11) is 0. The molecule has 0 amide bonds. The van der Waals surface area contributed by atoms with Crippen LogP contribution < -0.4 is 5.73 Å². The minimum absolute atomic E-state index is 0.625. The van der Waals surface area contributed by atoms with Crippen molar-refractivity contribution in [2.45, 2.75) is 38.8 Å². The third-order valence-electron chi connectivity index (χ3n) is 3.21. The zero-order chi connectivity index (χ0) is 12.3. The molecule has 1 aliphatic rings. The average Bonchev–Trinajstić information content (AvgIpc) is 3.10. The molecule has 1 aliphatic carbocycles. The van der Waals surface area contributed by atoms with Gasteiger partial charge in [-0.15, -0.1) is 0 Å². The molecule has 1 aromatic carbocycles.